The molecule has 0 saturated carbocycles. The van der Waals surface area contributed by atoms with Gasteiger partial charge in [0, 0.05) is 49.7 Å². The standard InChI is InChI=1S/C24H28N4O5S2/c1-32-20-7-9-22(10-8-20)35(30,31)26-24-25-18(17-34-24)6-11-23(29)28-14-12-27(13-15-28)19-4-3-5-21(16-19)33-2/h3-5,7-10,16-17H,6,11-15H2,1-2H3,(H,25,26). The molecule has 35 heavy (non-hydrogen) atoms. The van der Waals surface area contributed by atoms with Gasteiger partial charge in [-0.3, -0.25) is 9.52 Å². The molecule has 0 bridgehead atoms. The van der Waals surface area contributed by atoms with Crippen LogP contribution in [0.5, 0.6) is 11.5 Å². The number of benzene rings is 2. The lowest BCUT2D eigenvalue weighted by molar-refractivity contribution is -0.131. The summed E-state index contributed by atoms with van der Waals surface area (Å²) in [4.78, 5) is 21.3. The van der Waals surface area contributed by atoms with E-state index in [2.05, 4.69) is 14.6 Å². The van der Waals surface area contributed by atoms with Gasteiger partial charge in [-0.1, -0.05) is 6.07 Å². The molecule has 1 aliphatic heterocycles. The van der Waals surface area contributed by atoms with E-state index in [1.807, 2.05) is 29.2 Å². The van der Waals surface area contributed by atoms with Gasteiger partial charge in [-0.25, -0.2) is 13.4 Å². The maximum Gasteiger partial charge on any atom is 0.263 e. The number of thiazole rings is 1. The van der Waals surface area contributed by atoms with Gasteiger partial charge in [0.05, 0.1) is 24.8 Å². The predicted octanol–water partition coefficient (Wildman–Crippen LogP) is 3.24. The number of piperazine rings is 1. The number of methoxy groups -OCH3 is 2. The van der Waals surface area contributed by atoms with Crippen LogP contribution in [0.25, 0.3) is 0 Å². The normalized spacial score (nSPS) is 14.0. The van der Waals surface area contributed by atoms with Gasteiger partial charge in [0.15, 0.2) is 5.13 Å². The fourth-order valence-electron chi connectivity index (χ4n) is 3.81. The van der Waals surface area contributed by atoms with E-state index in [-0.39, 0.29) is 15.9 Å². The van der Waals surface area contributed by atoms with Crippen LogP contribution in [-0.2, 0) is 21.2 Å². The number of aromatic nitrogens is 1. The van der Waals surface area contributed by atoms with Crippen molar-refractivity contribution in [3.8, 4) is 11.5 Å². The summed E-state index contributed by atoms with van der Waals surface area (Å²) in [5.74, 6) is 1.46. The Labute approximate surface area is 209 Å². The van der Waals surface area contributed by atoms with E-state index in [0.717, 1.165) is 24.5 Å². The van der Waals surface area contributed by atoms with E-state index in [4.69, 9.17) is 9.47 Å². The van der Waals surface area contributed by atoms with Gasteiger partial charge in [-0.05, 0) is 42.8 Å². The van der Waals surface area contributed by atoms with Crippen molar-refractivity contribution in [2.45, 2.75) is 17.7 Å². The van der Waals surface area contributed by atoms with Gasteiger partial charge in [0.1, 0.15) is 11.5 Å². The zero-order valence-corrected chi connectivity index (χ0v) is 21.3. The molecule has 1 N–H and O–H groups in total. The van der Waals surface area contributed by atoms with Crippen molar-refractivity contribution in [3.63, 3.8) is 0 Å². The number of rotatable bonds is 9. The quantitative estimate of drug-likeness (QED) is 0.466. The first-order chi connectivity index (χ1) is 16.9. The number of amides is 1. The number of sulfonamides is 1. The fraction of sp³-hybridized carbons (Fsp3) is 0.333. The number of carbonyl (C=O) groups excluding carboxylic acids is 1. The first-order valence-corrected chi connectivity index (χ1v) is 13.5. The summed E-state index contributed by atoms with van der Waals surface area (Å²) < 4.78 is 38.0. The average molecular weight is 517 g/mol. The molecule has 4 rings (SSSR count). The number of aryl methyl sites for hydroxylation is 1. The van der Waals surface area contributed by atoms with Crippen molar-refractivity contribution in [2.75, 3.05) is 50.0 Å². The van der Waals surface area contributed by atoms with E-state index in [0.29, 0.717) is 37.4 Å². The third-order valence-electron chi connectivity index (χ3n) is 5.79. The van der Waals surface area contributed by atoms with Crippen LogP contribution in [0.3, 0.4) is 0 Å². The number of anilines is 2. The highest BCUT2D eigenvalue weighted by Gasteiger charge is 2.22. The van der Waals surface area contributed by atoms with Crippen molar-refractivity contribution in [1.82, 2.24) is 9.88 Å². The van der Waals surface area contributed by atoms with Gasteiger partial charge >= 0.3 is 0 Å². The Morgan fingerprint density at radius 3 is 2.43 bits per heavy atom. The van der Waals surface area contributed by atoms with E-state index < -0.39 is 10.0 Å². The molecule has 1 fully saturated rings. The summed E-state index contributed by atoms with van der Waals surface area (Å²) in [5.41, 5.74) is 1.77. The minimum atomic E-state index is -3.75. The molecule has 3 aromatic rings. The van der Waals surface area contributed by atoms with Gasteiger partial charge in [-0.15, -0.1) is 11.3 Å². The molecule has 0 aliphatic carbocycles. The van der Waals surface area contributed by atoms with Crippen LogP contribution in [0, 0.1) is 0 Å². The third-order valence-corrected chi connectivity index (χ3v) is 8.08. The Bertz CT molecular complexity index is 1250. The number of ether oxygens (including phenoxy) is 2. The number of nitrogens with one attached hydrogen (secondary N) is 1. The van der Waals surface area contributed by atoms with Crippen LogP contribution in [0.4, 0.5) is 10.8 Å². The largest absolute Gasteiger partial charge is 0.497 e. The second-order valence-electron chi connectivity index (χ2n) is 7.99. The van der Waals surface area contributed by atoms with E-state index in [1.165, 1.54) is 30.6 Å². The van der Waals surface area contributed by atoms with Crippen LogP contribution < -0.4 is 19.1 Å². The molecule has 2 aromatic carbocycles. The van der Waals surface area contributed by atoms with Crippen LogP contribution in [0.1, 0.15) is 12.1 Å². The SMILES string of the molecule is COc1ccc(S(=O)(=O)Nc2nc(CCC(=O)N3CCN(c4cccc(OC)c4)CC3)cs2)cc1. The fourth-order valence-corrected chi connectivity index (χ4v) is 5.81. The molecule has 2 heterocycles. The Morgan fingerprint density at radius 1 is 1.03 bits per heavy atom. The molecule has 0 radical (unpaired) electrons. The summed E-state index contributed by atoms with van der Waals surface area (Å²) in [7, 11) is -0.582. The van der Waals surface area contributed by atoms with Crippen LogP contribution >= 0.6 is 11.3 Å². The van der Waals surface area contributed by atoms with Crippen molar-refractivity contribution >= 4 is 38.1 Å². The van der Waals surface area contributed by atoms with Crippen molar-refractivity contribution in [3.05, 3.63) is 59.6 Å². The maximum atomic E-state index is 12.7. The molecule has 1 aliphatic rings. The number of hydrogen-bond acceptors (Lipinski definition) is 8. The Hall–Kier alpha value is -3.31. The highest BCUT2D eigenvalue weighted by molar-refractivity contribution is 7.93. The van der Waals surface area contributed by atoms with Crippen molar-refractivity contribution in [2.24, 2.45) is 0 Å². The average Bonchev–Trinajstić information content (AvgIpc) is 3.34. The lowest BCUT2D eigenvalue weighted by atomic mass is 10.2. The lowest BCUT2D eigenvalue weighted by Gasteiger charge is -2.36. The van der Waals surface area contributed by atoms with Crippen LogP contribution in [-0.4, -0.2) is 64.6 Å². The summed E-state index contributed by atoms with van der Waals surface area (Å²) >= 11 is 1.20. The Balaban J connectivity index is 1.26. The molecule has 1 aromatic heterocycles. The molecular formula is C24H28N4O5S2. The lowest BCUT2D eigenvalue weighted by Crippen LogP contribution is -2.48. The first kappa shape index (κ1) is 24.8. The molecule has 0 spiro atoms. The summed E-state index contributed by atoms with van der Waals surface area (Å²) in [6.07, 6.45) is 0.781. The minimum absolute atomic E-state index is 0.0728. The van der Waals surface area contributed by atoms with Gasteiger partial charge < -0.3 is 19.3 Å². The smallest absolute Gasteiger partial charge is 0.263 e. The zero-order valence-electron chi connectivity index (χ0n) is 19.6. The van der Waals surface area contributed by atoms with E-state index in [1.54, 1.807) is 24.6 Å². The molecule has 1 saturated heterocycles. The summed E-state index contributed by atoms with van der Waals surface area (Å²) in [5, 5.41) is 2.05. The molecule has 11 heteroatoms. The summed E-state index contributed by atoms with van der Waals surface area (Å²) in [6.45, 7) is 2.82. The number of carbonyl (C=O) groups is 1. The Morgan fingerprint density at radius 2 is 1.74 bits per heavy atom. The highest BCUT2D eigenvalue weighted by Crippen LogP contribution is 2.24. The van der Waals surface area contributed by atoms with Crippen LogP contribution in [0.15, 0.2) is 58.8 Å². The van der Waals surface area contributed by atoms with E-state index in [9.17, 15) is 13.2 Å². The second-order valence-corrected chi connectivity index (χ2v) is 10.5. The predicted molar refractivity (Wildman–Crippen MR) is 136 cm³/mol. The van der Waals surface area contributed by atoms with Gasteiger partial charge in [0.2, 0.25) is 5.91 Å². The highest BCUT2D eigenvalue weighted by atomic mass is 32.2. The molecule has 186 valence electrons. The molecule has 0 atom stereocenters. The topological polar surface area (TPSA) is 101 Å². The van der Waals surface area contributed by atoms with Crippen molar-refractivity contribution < 1.29 is 22.7 Å². The maximum absolute atomic E-state index is 12.7. The second kappa shape index (κ2) is 11.0. The zero-order chi connectivity index (χ0) is 24.8. The first-order valence-electron chi connectivity index (χ1n) is 11.2. The molecule has 9 nitrogen and oxygen atoms in total. The number of nitrogens with zero attached hydrogens (tertiary/aromatic N) is 3. The third kappa shape index (κ3) is 6.23. The van der Waals surface area contributed by atoms with E-state index >= 15 is 0 Å². The summed E-state index contributed by atoms with van der Waals surface area (Å²) in [6, 6.07) is 14.0. The number of hydrogen-bond donors (Lipinski definition) is 1. The monoisotopic (exact) mass is 516 g/mol. The molecular weight excluding hydrogens is 488 g/mol. The molecule has 0 unspecified atom stereocenters. The van der Waals surface area contributed by atoms with Gasteiger partial charge in [-0.2, -0.15) is 0 Å². The minimum Gasteiger partial charge on any atom is -0.497 e. The van der Waals surface area contributed by atoms with Gasteiger partial charge in [0.25, 0.3) is 10.0 Å². The van der Waals surface area contributed by atoms with Crippen LogP contribution in [0.2, 0.25) is 0 Å². The van der Waals surface area contributed by atoms with Crippen molar-refractivity contribution in [1.29, 1.82) is 0 Å². The molecule has 1 amide bonds. The Kier molecular flexibility index (Phi) is 7.76.